The van der Waals surface area contributed by atoms with Gasteiger partial charge in [0.25, 0.3) is 11.6 Å². The van der Waals surface area contributed by atoms with E-state index in [1.807, 2.05) is 60.7 Å². The van der Waals surface area contributed by atoms with Crippen molar-refractivity contribution in [3.8, 4) is 17.1 Å². The van der Waals surface area contributed by atoms with E-state index in [0.717, 1.165) is 16.9 Å². The molecule has 7 heteroatoms. The topological polar surface area (TPSA) is 85.8 Å². The van der Waals surface area contributed by atoms with Crippen LogP contribution in [0, 0.1) is 10.1 Å². The van der Waals surface area contributed by atoms with Crippen molar-refractivity contribution in [3.05, 3.63) is 124 Å². The number of ether oxygens (including phenoxy) is 1. The molecule has 2 heterocycles. The smallest absolute Gasteiger partial charge is 0.269 e. The van der Waals surface area contributed by atoms with Crippen molar-refractivity contribution >= 4 is 29.1 Å². The molecule has 1 aliphatic rings. The van der Waals surface area contributed by atoms with Crippen LogP contribution in [0.1, 0.15) is 11.3 Å². The highest BCUT2D eigenvalue weighted by atomic mass is 16.6. The zero-order valence-electron chi connectivity index (χ0n) is 18.8. The molecule has 5 rings (SSSR count). The van der Waals surface area contributed by atoms with Crippen LogP contribution >= 0.6 is 0 Å². The lowest BCUT2D eigenvalue weighted by atomic mass is 10.1. The van der Waals surface area contributed by atoms with E-state index in [4.69, 9.17) is 9.15 Å². The zero-order valence-corrected chi connectivity index (χ0v) is 18.8. The minimum absolute atomic E-state index is 0.0106. The predicted molar refractivity (Wildman–Crippen MR) is 134 cm³/mol. The predicted octanol–water partition coefficient (Wildman–Crippen LogP) is 6.33. The van der Waals surface area contributed by atoms with Gasteiger partial charge in [0.2, 0.25) is 0 Å². The van der Waals surface area contributed by atoms with Crippen LogP contribution in [0.3, 0.4) is 0 Å². The maximum atomic E-state index is 13.5. The summed E-state index contributed by atoms with van der Waals surface area (Å²) in [5, 5.41) is 10.9. The van der Waals surface area contributed by atoms with Crippen molar-refractivity contribution in [2.24, 2.45) is 0 Å². The molecule has 7 nitrogen and oxygen atoms in total. The molecule has 1 aliphatic heterocycles. The summed E-state index contributed by atoms with van der Waals surface area (Å²) in [6, 6.07) is 26.7. The van der Waals surface area contributed by atoms with Gasteiger partial charge in [-0.2, -0.15) is 0 Å². The van der Waals surface area contributed by atoms with Crippen molar-refractivity contribution in [1.82, 2.24) is 0 Å². The quantitative estimate of drug-likeness (QED) is 0.189. The second kappa shape index (κ2) is 9.15. The number of rotatable bonds is 6. The Morgan fingerprint density at radius 3 is 2.26 bits per heavy atom. The molecule has 0 saturated carbocycles. The Labute approximate surface area is 201 Å². The van der Waals surface area contributed by atoms with Crippen LogP contribution in [0.15, 0.2) is 107 Å². The number of carbonyl (C=O) groups is 1. The van der Waals surface area contributed by atoms with Gasteiger partial charge in [-0.05, 0) is 66.2 Å². The van der Waals surface area contributed by atoms with Crippen LogP contribution in [0.25, 0.3) is 23.1 Å². The molecule has 0 spiro atoms. The van der Waals surface area contributed by atoms with Crippen LogP contribution in [-0.2, 0) is 4.79 Å². The van der Waals surface area contributed by atoms with Crippen molar-refractivity contribution in [2.45, 2.75) is 0 Å². The number of nitro groups is 1. The largest absolute Gasteiger partial charge is 0.497 e. The van der Waals surface area contributed by atoms with E-state index in [2.05, 4.69) is 0 Å². The number of amides is 1. The normalized spacial score (nSPS) is 14.3. The SMILES string of the molecule is COc1ccc(N2C(=O)/C(=C/c3ccc(-c4ccc([N+](=O)[O-])cc4)o3)C=C2c2ccccc2)cc1. The number of nitrogens with zero attached hydrogens (tertiary/aromatic N) is 2. The molecule has 35 heavy (non-hydrogen) atoms. The molecular weight excluding hydrogens is 444 g/mol. The highest BCUT2D eigenvalue weighted by Gasteiger charge is 2.30. The van der Waals surface area contributed by atoms with Crippen LogP contribution in [0.2, 0.25) is 0 Å². The minimum Gasteiger partial charge on any atom is -0.497 e. The summed E-state index contributed by atoms with van der Waals surface area (Å²) < 4.78 is 11.2. The minimum atomic E-state index is -0.446. The maximum Gasteiger partial charge on any atom is 0.269 e. The van der Waals surface area contributed by atoms with Gasteiger partial charge in [0.15, 0.2) is 0 Å². The van der Waals surface area contributed by atoms with Crippen LogP contribution < -0.4 is 9.64 Å². The lowest BCUT2D eigenvalue weighted by Gasteiger charge is -2.21. The molecule has 0 fully saturated rings. The molecule has 0 saturated heterocycles. The number of hydrogen-bond acceptors (Lipinski definition) is 5. The maximum absolute atomic E-state index is 13.5. The van der Waals surface area contributed by atoms with E-state index in [0.29, 0.717) is 28.4 Å². The molecule has 0 bridgehead atoms. The number of furan rings is 1. The Morgan fingerprint density at radius 2 is 1.60 bits per heavy atom. The molecule has 0 unspecified atom stereocenters. The average molecular weight is 464 g/mol. The summed E-state index contributed by atoms with van der Waals surface area (Å²) in [6.07, 6.45) is 3.54. The van der Waals surface area contributed by atoms with Crippen molar-refractivity contribution in [3.63, 3.8) is 0 Å². The average Bonchev–Trinajstić information content (AvgIpc) is 3.49. The van der Waals surface area contributed by atoms with Crippen molar-refractivity contribution < 1.29 is 18.9 Å². The standard InChI is InChI=1S/C28H20N2O5/c1-34-24-13-11-22(12-14-24)29-26(19-5-3-2-4-6-19)18-21(28(29)31)17-25-15-16-27(35-25)20-7-9-23(10-8-20)30(32)33/h2-18H,1H3/b21-17+. The monoisotopic (exact) mass is 464 g/mol. The number of methoxy groups -OCH3 is 1. The number of carbonyl (C=O) groups excluding carboxylic acids is 1. The molecule has 0 aliphatic carbocycles. The summed E-state index contributed by atoms with van der Waals surface area (Å²) in [6.45, 7) is 0. The van der Waals surface area contributed by atoms with Crippen LogP contribution in [-0.4, -0.2) is 17.9 Å². The summed E-state index contributed by atoms with van der Waals surface area (Å²) in [7, 11) is 1.60. The van der Waals surface area contributed by atoms with E-state index in [9.17, 15) is 14.9 Å². The third-order valence-electron chi connectivity index (χ3n) is 5.67. The number of hydrogen-bond donors (Lipinski definition) is 0. The van der Waals surface area contributed by atoms with Gasteiger partial charge in [-0.15, -0.1) is 0 Å². The van der Waals surface area contributed by atoms with Gasteiger partial charge in [-0.25, -0.2) is 0 Å². The first kappa shape index (κ1) is 21.9. The molecule has 4 aromatic rings. The van der Waals surface area contributed by atoms with Gasteiger partial charge < -0.3 is 9.15 Å². The summed E-state index contributed by atoms with van der Waals surface area (Å²) in [5.74, 6) is 1.58. The van der Waals surface area contributed by atoms with Gasteiger partial charge in [0.05, 0.1) is 17.7 Å². The van der Waals surface area contributed by atoms with E-state index in [1.54, 1.807) is 42.4 Å². The van der Waals surface area contributed by atoms with E-state index in [-0.39, 0.29) is 11.6 Å². The van der Waals surface area contributed by atoms with Crippen LogP contribution in [0.5, 0.6) is 5.75 Å². The van der Waals surface area contributed by atoms with Gasteiger partial charge in [0, 0.05) is 29.0 Å². The molecule has 1 aromatic heterocycles. The second-order valence-electron chi connectivity index (χ2n) is 7.84. The molecule has 0 atom stereocenters. The number of benzene rings is 3. The van der Waals surface area contributed by atoms with E-state index in [1.165, 1.54) is 12.1 Å². The summed E-state index contributed by atoms with van der Waals surface area (Å²) in [4.78, 5) is 25.6. The summed E-state index contributed by atoms with van der Waals surface area (Å²) >= 11 is 0. The number of anilines is 1. The molecular formula is C28H20N2O5. The van der Waals surface area contributed by atoms with E-state index >= 15 is 0 Å². The highest BCUT2D eigenvalue weighted by Crippen LogP contribution is 2.36. The Morgan fingerprint density at radius 1 is 0.886 bits per heavy atom. The zero-order chi connectivity index (χ0) is 24.4. The third kappa shape index (κ3) is 4.35. The molecule has 0 N–H and O–H groups in total. The van der Waals surface area contributed by atoms with Crippen LogP contribution in [0.4, 0.5) is 11.4 Å². The van der Waals surface area contributed by atoms with E-state index < -0.39 is 4.92 Å². The Hall–Kier alpha value is -4.91. The Bertz CT molecular complexity index is 1450. The number of nitro benzene ring substituents is 1. The lowest BCUT2D eigenvalue weighted by Crippen LogP contribution is -2.24. The third-order valence-corrected chi connectivity index (χ3v) is 5.67. The fraction of sp³-hybridized carbons (Fsp3) is 0.0357. The molecule has 1 amide bonds. The molecule has 3 aromatic carbocycles. The second-order valence-corrected chi connectivity index (χ2v) is 7.84. The van der Waals surface area contributed by atoms with Gasteiger partial charge in [-0.3, -0.25) is 19.8 Å². The fourth-order valence-electron chi connectivity index (χ4n) is 3.91. The lowest BCUT2D eigenvalue weighted by molar-refractivity contribution is -0.384. The van der Waals surface area contributed by atoms with Gasteiger partial charge in [0.1, 0.15) is 17.3 Å². The van der Waals surface area contributed by atoms with Gasteiger partial charge in [-0.1, -0.05) is 30.3 Å². The first-order valence-electron chi connectivity index (χ1n) is 10.9. The number of non-ortho nitro benzene ring substituents is 1. The van der Waals surface area contributed by atoms with Crippen molar-refractivity contribution in [2.75, 3.05) is 12.0 Å². The first-order valence-corrected chi connectivity index (χ1v) is 10.9. The molecule has 172 valence electrons. The molecule has 0 radical (unpaired) electrons. The highest BCUT2D eigenvalue weighted by molar-refractivity contribution is 6.23. The fourth-order valence-corrected chi connectivity index (χ4v) is 3.91. The first-order chi connectivity index (χ1) is 17.0. The summed E-state index contributed by atoms with van der Waals surface area (Å²) in [5.41, 5.74) is 3.58. The van der Waals surface area contributed by atoms with Crippen molar-refractivity contribution in [1.29, 1.82) is 0 Å². The Kier molecular flexibility index (Phi) is 5.73. The van der Waals surface area contributed by atoms with Gasteiger partial charge >= 0.3 is 0 Å². The Balaban J connectivity index is 1.49.